The van der Waals surface area contributed by atoms with Gasteiger partial charge in [0.05, 0.1) is 0 Å². The van der Waals surface area contributed by atoms with Crippen LogP contribution in [0.3, 0.4) is 0 Å². The molecule has 0 aromatic rings. The van der Waals surface area contributed by atoms with E-state index in [1.165, 1.54) is 32.1 Å². The van der Waals surface area contributed by atoms with E-state index in [-0.39, 0.29) is 0 Å². The highest BCUT2D eigenvalue weighted by atomic mass is 15.0. The van der Waals surface area contributed by atoms with E-state index in [2.05, 4.69) is 25.9 Å². The Hall–Kier alpha value is -0.0800. The smallest absolute Gasteiger partial charge is 0.00509 e. The molecule has 0 radical (unpaired) electrons. The molecule has 0 rings (SSSR count). The summed E-state index contributed by atoms with van der Waals surface area (Å²) in [5.41, 5.74) is 5.98. The van der Waals surface area contributed by atoms with Gasteiger partial charge >= 0.3 is 0 Å². The average Bonchev–Trinajstić information content (AvgIpc) is 2.09. The Bertz CT molecular complexity index is 102. The Balaban J connectivity index is 3.15. The summed E-state index contributed by atoms with van der Waals surface area (Å²) in [6.07, 6.45) is 7.68. The first-order valence-electron chi connectivity index (χ1n) is 5.57. The molecular weight excluding hydrogens is 160 g/mol. The molecule has 2 N–H and O–H groups in total. The van der Waals surface area contributed by atoms with Crippen molar-refractivity contribution in [3.05, 3.63) is 0 Å². The minimum atomic E-state index is 0.416. The molecule has 0 amide bonds. The lowest BCUT2D eigenvalue weighted by atomic mass is 10.1. The van der Waals surface area contributed by atoms with E-state index in [0.717, 1.165) is 13.0 Å². The quantitative estimate of drug-likeness (QED) is 0.589. The third kappa shape index (κ3) is 9.84. The molecule has 13 heavy (non-hydrogen) atoms. The first-order valence-corrected chi connectivity index (χ1v) is 5.57. The topological polar surface area (TPSA) is 29.3 Å². The van der Waals surface area contributed by atoms with Gasteiger partial charge in [0, 0.05) is 6.04 Å². The number of hydrogen-bond donors (Lipinski definition) is 1. The maximum absolute atomic E-state index is 5.98. The summed E-state index contributed by atoms with van der Waals surface area (Å²) in [7, 11) is 4.20. The summed E-state index contributed by atoms with van der Waals surface area (Å²) >= 11 is 0. The molecule has 0 aliphatic carbocycles. The molecule has 0 spiro atoms. The fraction of sp³-hybridized carbons (Fsp3) is 1.00. The van der Waals surface area contributed by atoms with Gasteiger partial charge < -0.3 is 10.6 Å². The first kappa shape index (κ1) is 12.9. The van der Waals surface area contributed by atoms with Crippen molar-refractivity contribution in [2.45, 2.75) is 51.5 Å². The fourth-order valence-corrected chi connectivity index (χ4v) is 1.40. The minimum absolute atomic E-state index is 0.416. The molecule has 2 nitrogen and oxygen atoms in total. The van der Waals surface area contributed by atoms with Gasteiger partial charge in [-0.1, -0.05) is 32.6 Å². The summed E-state index contributed by atoms with van der Waals surface area (Å²) < 4.78 is 0. The van der Waals surface area contributed by atoms with Crippen molar-refractivity contribution in [1.82, 2.24) is 4.90 Å². The van der Waals surface area contributed by atoms with Gasteiger partial charge in [0.1, 0.15) is 0 Å². The van der Waals surface area contributed by atoms with Crippen LogP contribution in [0.15, 0.2) is 0 Å². The van der Waals surface area contributed by atoms with Crippen LogP contribution in [0, 0.1) is 0 Å². The fourth-order valence-electron chi connectivity index (χ4n) is 1.40. The Kier molecular flexibility index (Phi) is 8.46. The summed E-state index contributed by atoms with van der Waals surface area (Å²) in [6.45, 7) is 3.36. The van der Waals surface area contributed by atoms with Crippen LogP contribution in [0.5, 0.6) is 0 Å². The van der Waals surface area contributed by atoms with Crippen molar-refractivity contribution in [1.29, 1.82) is 0 Å². The standard InChI is InChI=1S/C11H26N2/c1-4-5-6-7-8-11(12)9-10-13(2)3/h11H,4-10,12H2,1-3H3. The largest absolute Gasteiger partial charge is 0.328 e. The van der Waals surface area contributed by atoms with E-state index in [0.29, 0.717) is 6.04 Å². The summed E-state index contributed by atoms with van der Waals surface area (Å²) in [6, 6.07) is 0.416. The Labute approximate surface area is 83.5 Å². The average molecular weight is 186 g/mol. The predicted molar refractivity (Wildman–Crippen MR) is 59.9 cm³/mol. The van der Waals surface area contributed by atoms with Crippen LogP contribution < -0.4 is 5.73 Å². The normalized spacial score (nSPS) is 13.6. The van der Waals surface area contributed by atoms with Gasteiger partial charge in [0.15, 0.2) is 0 Å². The molecule has 0 aromatic heterocycles. The number of unbranched alkanes of at least 4 members (excludes halogenated alkanes) is 3. The summed E-state index contributed by atoms with van der Waals surface area (Å²) in [4.78, 5) is 2.20. The third-order valence-electron chi connectivity index (χ3n) is 2.38. The Morgan fingerprint density at radius 2 is 1.77 bits per heavy atom. The van der Waals surface area contributed by atoms with Crippen LogP contribution in [0.2, 0.25) is 0 Å². The maximum Gasteiger partial charge on any atom is 0.00509 e. The monoisotopic (exact) mass is 186 g/mol. The van der Waals surface area contributed by atoms with Gasteiger partial charge in [-0.15, -0.1) is 0 Å². The molecule has 0 bridgehead atoms. The highest BCUT2D eigenvalue weighted by molar-refractivity contribution is 4.62. The van der Waals surface area contributed by atoms with Crippen LogP contribution >= 0.6 is 0 Å². The molecule has 1 atom stereocenters. The lowest BCUT2D eigenvalue weighted by molar-refractivity contribution is 0.371. The molecule has 1 unspecified atom stereocenters. The second kappa shape index (κ2) is 8.52. The molecule has 0 aliphatic rings. The van der Waals surface area contributed by atoms with Crippen molar-refractivity contribution < 1.29 is 0 Å². The van der Waals surface area contributed by atoms with Gasteiger partial charge in [0.25, 0.3) is 0 Å². The lowest BCUT2D eigenvalue weighted by Gasteiger charge is -2.14. The van der Waals surface area contributed by atoms with E-state index in [4.69, 9.17) is 5.73 Å². The number of nitrogens with zero attached hydrogens (tertiary/aromatic N) is 1. The molecule has 80 valence electrons. The minimum Gasteiger partial charge on any atom is -0.328 e. The molecule has 0 saturated carbocycles. The van der Waals surface area contributed by atoms with Crippen molar-refractivity contribution in [3.8, 4) is 0 Å². The highest BCUT2D eigenvalue weighted by Gasteiger charge is 2.02. The second-order valence-corrected chi connectivity index (χ2v) is 4.20. The number of hydrogen-bond acceptors (Lipinski definition) is 2. The van der Waals surface area contributed by atoms with Crippen LogP contribution in [0.25, 0.3) is 0 Å². The molecular formula is C11H26N2. The van der Waals surface area contributed by atoms with Gasteiger partial charge in [-0.25, -0.2) is 0 Å². The van der Waals surface area contributed by atoms with Gasteiger partial charge in [-0.3, -0.25) is 0 Å². The molecule has 2 heteroatoms. The summed E-state index contributed by atoms with van der Waals surface area (Å²) in [5, 5.41) is 0. The third-order valence-corrected chi connectivity index (χ3v) is 2.38. The van der Waals surface area contributed by atoms with Crippen LogP contribution in [-0.4, -0.2) is 31.6 Å². The molecule has 0 heterocycles. The van der Waals surface area contributed by atoms with Crippen molar-refractivity contribution >= 4 is 0 Å². The van der Waals surface area contributed by atoms with E-state index in [9.17, 15) is 0 Å². The van der Waals surface area contributed by atoms with Gasteiger partial charge in [-0.2, -0.15) is 0 Å². The van der Waals surface area contributed by atoms with Crippen molar-refractivity contribution in [3.63, 3.8) is 0 Å². The van der Waals surface area contributed by atoms with E-state index < -0.39 is 0 Å². The molecule has 0 aliphatic heterocycles. The van der Waals surface area contributed by atoms with Gasteiger partial charge in [-0.05, 0) is 33.5 Å². The predicted octanol–water partition coefficient (Wildman–Crippen LogP) is 2.24. The molecule has 0 saturated heterocycles. The van der Waals surface area contributed by atoms with Gasteiger partial charge in [0.2, 0.25) is 0 Å². The molecule has 0 aromatic carbocycles. The molecule has 0 fully saturated rings. The Morgan fingerprint density at radius 1 is 1.08 bits per heavy atom. The highest BCUT2D eigenvalue weighted by Crippen LogP contribution is 2.06. The number of nitrogens with two attached hydrogens (primary N) is 1. The van der Waals surface area contributed by atoms with Crippen LogP contribution in [0.1, 0.15) is 45.4 Å². The van der Waals surface area contributed by atoms with Crippen LogP contribution in [-0.2, 0) is 0 Å². The zero-order chi connectivity index (χ0) is 10.1. The van der Waals surface area contributed by atoms with E-state index in [1.54, 1.807) is 0 Å². The maximum atomic E-state index is 5.98. The van der Waals surface area contributed by atoms with Crippen LogP contribution in [0.4, 0.5) is 0 Å². The first-order chi connectivity index (χ1) is 6.16. The zero-order valence-electron chi connectivity index (χ0n) is 9.55. The number of rotatable bonds is 8. The van der Waals surface area contributed by atoms with Crippen molar-refractivity contribution in [2.75, 3.05) is 20.6 Å². The van der Waals surface area contributed by atoms with E-state index >= 15 is 0 Å². The Morgan fingerprint density at radius 3 is 2.31 bits per heavy atom. The zero-order valence-corrected chi connectivity index (χ0v) is 9.55. The summed E-state index contributed by atoms with van der Waals surface area (Å²) in [5.74, 6) is 0. The second-order valence-electron chi connectivity index (χ2n) is 4.20. The SMILES string of the molecule is CCCCCCC(N)CCN(C)C. The lowest BCUT2D eigenvalue weighted by Crippen LogP contribution is -2.26. The van der Waals surface area contributed by atoms with E-state index in [1.807, 2.05) is 0 Å². The van der Waals surface area contributed by atoms with Crippen molar-refractivity contribution in [2.24, 2.45) is 5.73 Å².